The third-order valence-corrected chi connectivity index (χ3v) is 3.12. The predicted octanol–water partition coefficient (Wildman–Crippen LogP) is 3.05. The van der Waals surface area contributed by atoms with Crippen molar-refractivity contribution in [2.45, 2.75) is 25.8 Å². The minimum Gasteiger partial charge on any atom is -0.380 e. The lowest BCUT2D eigenvalue weighted by atomic mass is 9.82. The number of halogens is 1. The SMILES string of the molecule is CC1CC(Nc2cccnc2Br)C1. The maximum atomic E-state index is 4.16. The Balaban J connectivity index is 1.98. The highest BCUT2D eigenvalue weighted by molar-refractivity contribution is 9.10. The first-order chi connectivity index (χ1) is 6.25. The highest BCUT2D eigenvalue weighted by atomic mass is 79.9. The number of rotatable bonds is 2. The lowest BCUT2D eigenvalue weighted by Gasteiger charge is -2.34. The van der Waals surface area contributed by atoms with Crippen molar-refractivity contribution < 1.29 is 0 Å². The fourth-order valence-electron chi connectivity index (χ4n) is 1.73. The second-order valence-electron chi connectivity index (χ2n) is 3.76. The van der Waals surface area contributed by atoms with Gasteiger partial charge in [0.1, 0.15) is 4.60 Å². The van der Waals surface area contributed by atoms with Gasteiger partial charge in [-0.3, -0.25) is 0 Å². The Morgan fingerprint density at radius 1 is 1.54 bits per heavy atom. The average molecular weight is 241 g/mol. The molecule has 0 radical (unpaired) electrons. The van der Waals surface area contributed by atoms with Crippen LogP contribution in [0.3, 0.4) is 0 Å². The largest absolute Gasteiger partial charge is 0.380 e. The summed E-state index contributed by atoms with van der Waals surface area (Å²) in [5.74, 6) is 0.882. The van der Waals surface area contributed by atoms with Crippen molar-refractivity contribution in [3.05, 3.63) is 22.9 Å². The zero-order valence-electron chi connectivity index (χ0n) is 7.63. The van der Waals surface area contributed by atoms with Crippen molar-refractivity contribution in [1.29, 1.82) is 0 Å². The fraction of sp³-hybridized carbons (Fsp3) is 0.500. The Bertz CT molecular complexity index is 295. The van der Waals surface area contributed by atoms with Crippen molar-refractivity contribution in [3.63, 3.8) is 0 Å². The van der Waals surface area contributed by atoms with Crippen LogP contribution in [0.1, 0.15) is 19.8 Å². The molecule has 0 bridgehead atoms. The van der Waals surface area contributed by atoms with Crippen LogP contribution in [0.2, 0.25) is 0 Å². The molecule has 0 saturated heterocycles. The molecule has 1 aliphatic rings. The first-order valence-corrected chi connectivity index (χ1v) is 5.42. The third-order valence-electron chi connectivity index (χ3n) is 2.49. The predicted molar refractivity (Wildman–Crippen MR) is 57.7 cm³/mol. The van der Waals surface area contributed by atoms with Crippen LogP contribution >= 0.6 is 15.9 Å². The molecule has 3 heteroatoms. The molecule has 0 atom stereocenters. The molecule has 1 aliphatic carbocycles. The summed E-state index contributed by atoms with van der Waals surface area (Å²) in [6.07, 6.45) is 4.35. The summed E-state index contributed by atoms with van der Waals surface area (Å²) in [6.45, 7) is 2.29. The highest BCUT2D eigenvalue weighted by Gasteiger charge is 2.25. The highest BCUT2D eigenvalue weighted by Crippen LogP contribution is 2.31. The number of aromatic nitrogens is 1. The second kappa shape index (κ2) is 3.66. The maximum Gasteiger partial charge on any atom is 0.129 e. The Kier molecular flexibility index (Phi) is 2.54. The summed E-state index contributed by atoms with van der Waals surface area (Å²) in [5, 5.41) is 3.47. The zero-order valence-corrected chi connectivity index (χ0v) is 9.21. The van der Waals surface area contributed by atoms with Gasteiger partial charge in [-0.05, 0) is 46.8 Å². The smallest absolute Gasteiger partial charge is 0.129 e. The Morgan fingerprint density at radius 2 is 2.31 bits per heavy atom. The quantitative estimate of drug-likeness (QED) is 0.805. The molecule has 1 aromatic rings. The molecule has 1 fully saturated rings. The van der Waals surface area contributed by atoms with Gasteiger partial charge < -0.3 is 5.32 Å². The van der Waals surface area contributed by atoms with Crippen molar-refractivity contribution in [2.24, 2.45) is 5.92 Å². The van der Waals surface area contributed by atoms with Crippen LogP contribution in [0.4, 0.5) is 5.69 Å². The van der Waals surface area contributed by atoms with E-state index in [1.165, 1.54) is 12.8 Å². The van der Waals surface area contributed by atoms with Gasteiger partial charge >= 0.3 is 0 Å². The van der Waals surface area contributed by atoms with Crippen LogP contribution in [0.15, 0.2) is 22.9 Å². The van der Waals surface area contributed by atoms with E-state index in [9.17, 15) is 0 Å². The minimum atomic E-state index is 0.649. The average Bonchev–Trinajstić information content (AvgIpc) is 2.06. The van der Waals surface area contributed by atoms with Crippen LogP contribution in [0, 0.1) is 5.92 Å². The molecule has 0 spiro atoms. The molecule has 2 nitrogen and oxygen atoms in total. The van der Waals surface area contributed by atoms with Crippen LogP contribution in [-0.4, -0.2) is 11.0 Å². The first kappa shape index (κ1) is 9.00. The van der Waals surface area contributed by atoms with E-state index in [2.05, 4.69) is 39.2 Å². The monoisotopic (exact) mass is 240 g/mol. The molecular weight excluding hydrogens is 228 g/mol. The van der Waals surface area contributed by atoms with E-state index in [4.69, 9.17) is 0 Å². The summed E-state index contributed by atoms with van der Waals surface area (Å²) in [7, 11) is 0. The molecule has 0 unspecified atom stereocenters. The molecule has 1 saturated carbocycles. The van der Waals surface area contributed by atoms with Crippen LogP contribution in [-0.2, 0) is 0 Å². The summed E-state index contributed by atoms with van der Waals surface area (Å²) in [6, 6.07) is 4.66. The molecule has 1 aromatic heterocycles. The van der Waals surface area contributed by atoms with Crippen LogP contribution < -0.4 is 5.32 Å². The fourth-order valence-corrected chi connectivity index (χ4v) is 2.10. The van der Waals surface area contributed by atoms with Gasteiger partial charge in [-0.2, -0.15) is 0 Å². The van der Waals surface area contributed by atoms with Crippen molar-refractivity contribution in [3.8, 4) is 0 Å². The van der Waals surface area contributed by atoms with E-state index in [1.807, 2.05) is 6.07 Å². The minimum absolute atomic E-state index is 0.649. The molecule has 0 amide bonds. The molecule has 1 heterocycles. The van der Waals surface area contributed by atoms with E-state index in [-0.39, 0.29) is 0 Å². The van der Waals surface area contributed by atoms with Gasteiger partial charge in [0, 0.05) is 12.2 Å². The van der Waals surface area contributed by atoms with E-state index in [0.717, 1.165) is 16.2 Å². The number of hydrogen-bond acceptors (Lipinski definition) is 2. The standard InChI is InChI=1S/C10H13BrN2/c1-7-5-8(6-7)13-9-3-2-4-12-10(9)11/h2-4,7-8,13H,5-6H2,1H3. The number of anilines is 1. The lowest BCUT2D eigenvalue weighted by molar-refractivity contribution is 0.309. The Hall–Kier alpha value is -0.570. The van der Waals surface area contributed by atoms with Crippen molar-refractivity contribution >= 4 is 21.6 Å². The van der Waals surface area contributed by atoms with Gasteiger partial charge in [0.05, 0.1) is 5.69 Å². The molecule has 70 valence electrons. The Labute approximate surface area is 86.9 Å². The molecular formula is C10H13BrN2. The second-order valence-corrected chi connectivity index (χ2v) is 4.51. The summed E-state index contributed by atoms with van der Waals surface area (Å²) < 4.78 is 0.912. The van der Waals surface area contributed by atoms with Crippen LogP contribution in [0.25, 0.3) is 0 Å². The van der Waals surface area contributed by atoms with Crippen molar-refractivity contribution in [2.75, 3.05) is 5.32 Å². The molecule has 13 heavy (non-hydrogen) atoms. The zero-order chi connectivity index (χ0) is 9.26. The van der Waals surface area contributed by atoms with Gasteiger partial charge in [0.25, 0.3) is 0 Å². The van der Waals surface area contributed by atoms with Gasteiger partial charge in [-0.25, -0.2) is 4.98 Å². The number of pyridine rings is 1. The molecule has 0 aromatic carbocycles. The van der Waals surface area contributed by atoms with Gasteiger partial charge in [0.2, 0.25) is 0 Å². The van der Waals surface area contributed by atoms with Gasteiger partial charge in [-0.1, -0.05) is 6.92 Å². The molecule has 1 N–H and O–H groups in total. The van der Waals surface area contributed by atoms with Crippen LogP contribution in [0.5, 0.6) is 0 Å². The number of nitrogens with zero attached hydrogens (tertiary/aromatic N) is 1. The normalized spacial score (nSPS) is 26.6. The topological polar surface area (TPSA) is 24.9 Å². The summed E-state index contributed by atoms with van der Waals surface area (Å²) in [5.41, 5.74) is 1.11. The summed E-state index contributed by atoms with van der Waals surface area (Å²) in [4.78, 5) is 4.16. The van der Waals surface area contributed by atoms with Crippen molar-refractivity contribution in [1.82, 2.24) is 4.98 Å². The van der Waals surface area contributed by atoms with E-state index in [0.29, 0.717) is 6.04 Å². The van der Waals surface area contributed by atoms with E-state index in [1.54, 1.807) is 6.20 Å². The number of hydrogen-bond donors (Lipinski definition) is 1. The maximum absolute atomic E-state index is 4.16. The third kappa shape index (κ3) is 2.02. The Morgan fingerprint density at radius 3 is 2.92 bits per heavy atom. The molecule has 2 rings (SSSR count). The van der Waals surface area contributed by atoms with Gasteiger partial charge in [0.15, 0.2) is 0 Å². The lowest BCUT2D eigenvalue weighted by Crippen LogP contribution is -2.33. The van der Waals surface area contributed by atoms with Gasteiger partial charge in [-0.15, -0.1) is 0 Å². The van der Waals surface area contributed by atoms with E-state index >= 15 is 0 Å². The summed E-state index contributed by atoms with van der Waals surface area (Å²) >= 11 is 3.42. The number of nitrogens with one attached hydrogen (secondary N) is 1. The van der Waals surface area contributed by atoms with E-state index < -0.39 is 0 Å². The first-order valence-electron chi connectivity index (χ1n) is 4.63. The molecule has 0 aliphatic heterocycles.